The number of aliphatic carboxylic acids is 2. The average molecular weight is 464 g/mol. The third-order valence-electron chi connectivity index (χ3n) is 6.00. The number of pyridine rings is 2. The Morgan fingerprint density at radius 2 is 1.68 bits per heavy atom. The molecule has 178 valence electrons. The van der Waals surface area contributed by atoms with Crippen molar-refractivity contribution in [3.63, 3.8) is 0 Å². The van der Waals surface area contributed by atoms with Crippen LogP contribution in [0.3, 0.4) is 0 Å². The first kappa shape index (κ1) is 24.9. The van der Waals surface area contributed by atoms with Crippen molar-refractivity contribution in [2.75, 3.05) is 13.1 Å². The van der Waals surface area contributed by atoms with Crippen LogP contribution in [0, 0.1) is 5.92 Å². The van der Waals surface area contributed by atoms with Gasteiger partial charge in [0.1, 0.15) is 0 Å². The fraction of sp³-hybridized carbons (Fsp3) is 0.308. The number of nitrogens with one attached hydrogen (secondary N) is 1. The van der Waals surface area contributed by atoms with Gasteiger partial charge in [0.2, 0.25) is 0 Å². The Morgan fingerprint density at radius 3 is 2.32 bits per heavy atom. The first-order valence-corrected chi connectivity index (χ1v) is 11.3. The van der Waals surface area contributed by atoms with Crippen molar-refractivity contribution in [3.8, 4) is 11.1 Å². The van der Waals surface area contributed by atoms with Crippen LogP contribution in [0.2, 0.25) is 0 Å². The van der Waals surface area contributed by atoms with E-state index in [1.165, 1.54) is 36.0 Å². The van der Waals surface area contributed by atoms with E-state index >= 15 is 0 Å². The van der Waals surface area contributed by atoms with Crippen LogP contribution in [0.1, 0.15) is 30.4 Å². The molecule has 4 rings (SSSR count). The van der Waals surface area contributed by atoms with Crippen molar-refractivity contribution in [2.24, 2.45) is 5.92 Å². The summed E-state index contributed by atoms with van der Waals surface area (Å²) in [5.74, 6) is -2.89. The minimum atomic E-state index is -1.82. The Bertz CT molecular complexity index is 1130. The highest BCUT2D eigenvalue weighted by molar-refractivity contribution is 6.27. The predicted octanol–water partition coefficient (Wildman–Crippen LogP) is 3.44. The highest BCUT2D eigenvalue weighted by Gasteiger charge is 2.20. The van der Waals surface area contributed by atoms with Crippen LogP contribution in [0.5, 0.6) is 0 Å². The lowest BCUT2D eigenvalue weighted by Crippen LogP contribution is -2.35. The third kappa shape index (κ3) is 7.38. The highest BCUT2D eigenvalue weighted by Crippen LogP contribution is 2.28. The molecule has 0 radical (unpaired) electrons. The monoisotopic (exact) mass is 463 g/mol. The SMILES string of the molecule is O=C(O)C(=O)O.O=c1[nH]cccc1CN1CCC(CCc2ccccc2-c2cccnc2)CC1. The maximum Gasteiger partial charge on any atom is 0.414 e. The summed E-state index contributed by atoms with van der Waals surface area (Å²) in [6, 6.07) is 16.7. The maximum atomic E-state index is 11.9. The van der Waals surface area contributed by atoms with Crippen molar-refractivity contribution in [3.05, 3.63) is 88.6 Å². The predicted molar refractivity (Wildman–Crippen MR) is 128 cm³/mol. The summed E-state index contributed by atoms with van der Waals surface area (Å²) in [6.45, 7) is 2.90. The van der Waals surface area contributed by atoms with Gasteiger partial charge >= 0.3 is 11.9 Å². The van der Waals surface area contributed by atoms with E-state index in [4.69, 9.17) is 19.8 Å². The van der Waals surface area contributed by atoms with Crippen LogP contribution in [-0.2, 0) is 22.6 Å². The van der Waals surface area contributed by atoms with E-state index in [0.29, 0.717) is 0 Å². The molecule has 1 saturated heterocycles. The number of piperidine rings is 1. The number of rotatable bonds is 6. The zero-order chi connectivity index (χ0) is 24.3. The number of likely N-dealkylation sites (tertiary alicyclic amines) is 1. The van der Waals surface area contributed by atoms with Crippen molar-refractivity contribution in [1.29, 1.82) is 0 Å². The number of benzene rings is 1. The van der Waals surface area contributed by atoms with E-state index in [2.05, 4.69) is 45.2 Å². The highest BCUT2D eigenvalue weighted by atomic mass is 16.4. The molecule has 0 bridgehead atoms. The zero-order valence-corrected chi connectivity index (χ0v) is 18.9. The van der Waals surface area contributed by atoms with Crippen LogP contribution in [0.4, 0.5) is 0 Å². The van der Waals surface area contributed by atoms with Crippen molar-refractivity contribution < 1.29 is 19.8 Å². The second kappa shape index (κ2) is 12.5. The minimum absolute atomic E-state index is 0.0385. The number of carboxylic acids is 2. The summed E-state index contributed by atoms with van der Waals surface area (Å²) < 4.78 is 0. The number of aryl methyl sites for hydroxylation is 1. The second-order valence-corrected chi connectivity index (χ2v) is 8.29. The van der Waals surface area contributed by atoms with Gasteiger partial charge in [-0.1, -0.05) is 36.4 Å². The van der Waals surface area contributed by atoms with Gasteiger partial charge in [0, 0.05) is 36.3 Å². The lowest BCUT2D eigenvalue weighted by Gasteiger charge is -2.32. The van der Waals surface area contributed by atoms with Gasteiger partial charge in [-0.05, 0) is 68.0 Å². The summed E-state index contributed by atoms with van der Waals surface area (Å²) in [5, 5.41) is 14.8. The molecule has 34 heavy (non-hydrogen) atoms. The Morgan fingerprint density at radius 1 is 0.971 bits per heavy atom. The topological polar surface area (TPSA) is 124 Å². The Hall–Kier alpha value is -3.78. The summed E-state index contributed by atoms with van der Waals surface area (Å²) in [5.41, 5.74) is 4.81. The molecular formula is C26H29N3O5. The fourth-order valence-electron chi connectivity index (χ4n) is 4.16. The van der Waals surface area contributed by atoms with Crippen molar-refractivity contribution >= 4 is 11.9 Å². The molecule has 1 aliphatic rings. The molecule has 1 aromatic carbocycles. The van der Waals surface area contributed by atoms with Gasteiger partial charge in [-0.15, -0.1) is 0 Å². The van der Waals surface area contributed by atoms with E-state index in [1.54, 1.807) is 6.20 Å². The number of H-pyrrole nitrogens is 1. The first-order valence-electron chi connectivity index (χ1n) is 11.3. The Labute approximate surface area is 197 Å². The van der Waals surface area contributed by atoms with E-state index in [9.17, 15) is 4.79 Å². The molecule has 0 unspecified atom stereocenters. The molecular weight excluding hydrogens is 434 g/mol. The van der Waals surface area contributed by atoms with Crippen LogP contribution in [0.25, 0.3) is 11.1 Å². The number of nitrogens with zero attached hydrogens (tertiary/aromatic N) is 2. The largest absolute Gasteiger partial charge is 0.473 e. The number of carbonyl (C=O) groups is 2. The molecule has 8 heteroatoms. The number of hydrogen-bond acceptors (Lipinski definition) is 5. The number of aromatic nitrogens is 2. The molecule has 0 spiro atoms. The molecule has 1 aliphatic heterocycles. The van der Waals surface area contributed by atoms with Crippen LogP contribution >= 0.6 is 0 Å². The molecule has 8 nitrogen and oxygen atoms in total. The van der Waals surface area contributed by atoms with E-state index in [0.717, 1.165) is 37.5 Å². The fourth-order valence-corrected chi connectivity index (χ4v) is 4.16. The molecule has 0 saturated carbocycles. The summed E-state index contributed by atoms with van der Waals surface area (Å²) in [7, 11) is 0. The quantitative estimate of drug-likeness (QED) is 0.479. The normalized spacial score (nSPS) is 14.1. The van der Waals surface area contributed by atoms with E-state index in [1.807, 2.05) is 30.6 Å². The average Bonchev–Trinajstić information content (AvgIpc) is 2.86. The molecule has 3 heterocycles. The molecule has 0 atom stereocenters. The molecule has 3 N–H and O–H groups in total. The maximum absolute atomic E-state index is 11.9. The Balaban J connectivity index is 0.000000481. The summed E-state index contributed by atoms with van der Waals surface area (Å²) >= 11 is 0. The third-order valence-corrected chi connectivity index (χ3v) is 6.00. The second-order valence-electron chi connectivity index (χ2n) is 8.29. The van der Waals surface area contributed by atoms with Gasteiger partial charge in [0.25, 0.3) is 5.56 Å². The lowest BCUT2D eigenvalue weighted by atomic mass is 9.88. The lowest BCUT2D eigenvalue weighted by molar-refractivity contribution is -0.159. The number of hydrogen-bond donors (Lipinski definition) is 3. The van der Waals surface area contributed by atoms with Gasteiger partial charge in [0.05, 0.1) is 0 Å². The molecule has 1 fully saturated rings. The minimum Gasteiger partial charge on any atom is -0.473 e. The number of carboxylic acid groups (broad SMARTS) is 2. The molecule has 3 aromatic rings. The molecule has 0 aliphatic carbocycles. The van der Waals surface area contributed by atoms with Crippen molar-refractivity contribution in [2.45, 2.75) is 32.2 Å². The van der Waals surface area contributed by atoms with Gasteiger partial charge in [-0.3, -0.25) is 14.7 Å². The van der Waals surface area contributed by atoms with Gasteiger partial charge in [-0.2, -0.15) is 0 Å². The Kier molecular flexibility index (Phi) is 9.11. The van der Waals surface area contributed by atoms with E-state index in [-0.39, 0.29) is 5.56 Å². The van der Waals surface area contributed by atoms with Gasteiger partial charge in [-0.25, -0.2) is 9.59 Å². The van der Waals surface area contributed by atoms with Crippen LogP contribution < -0.4 is 5.56 Å². The van der Waals surface area contributed by atoms with Crippen molar-refractivity contribution in [1.82, 2.24) is 14.9 Å². The van der Waals surface area contributed by atoms with Gasteiger partial charge in [0.15, 0.2) is 0 Å². The molecule has 0 amide bonds. The zero-order valence-electron chi connectivity index (χ0n) is 18.9. The standard InChI is InChI=1S/C24H27N3O.C2H2O4/c28-24-22(7-4-14-26-24)18-27-15-11-19(12-16-27)9-10-20-5-1-2-8-23(20)21-6-3-13-25-17-21;3-1(4)2(5)6/h1-8,13-14,17,19H,9-12,15-16,18H2,(H,26,28);(H,3,4)(H,5,6). The van der Waals surface area contributed by atoms with Gasteiger partial charge < -0.3 is 15.2 Å². The summed E-state index contributed by atoms with van der Waals surface area (Å²) in [4.78, 5) is 39.5. The smallest absolute Gasteiger partial charge is 0.414 e. The first-order chi connectivity index (χ1) is 16.4. The van der Waals surface area contributed by atoms with Crippen LogP contribution in [-0.4, -0.2) is 50.1 Å². The number of aromatic amines is 1. The van der Waals surface area contributed by atoms with Crippen LogP contribution in [0.15, 0.2) is 71.9 Å². The summed E-state index contributed by atoms with van der Waals surface area (Å²) in [6.07, 6.45) is 10.2. The van der Waals surface area contributed by atoms with E-state index < -0.39 is 11.9 Å². The molecule has 2 aromatic heterocycles.